The van der Waals surface area contributed by atoms with Crippen LogP contribution in [0.1, 0.15) is 5.69 Å². The number of fused-ring (bicyclic) bond motifs is 1. The minimum absolute atomic E-state index is 0.0603. The fraction of sp³-hybridized carbons (Fsp3) is 0.100. The Hall–Kier alpha value is -1.88. The van der Waals surface area contributed by atoms with E-state index in [9.17, 15) is 15.3 Å². The second-order valence-corrected chi connectivity index (χ2v) is 3.49. The third-order valence-corrected chi connectivity index (χ3v) is 2.57. The van der Waals surface area contributed by atoms with Gasteiger partial charge in [0, 0.05) is 6.07 Å². The van der Waals surface area contributed by atoms with E-state index in [0.29, 0.717) is 10.1 Å². The summed E-state index contributed by atoms with van der Waals surface area (Å²) in [7, 11) is 0. The van der Waals surface area contributed by atoms with E-state index in [2.05, 4.69) is 0 Å². The number of pyridine rings is 1. The van der Waals surface area contributed by atoms with Crippen molar-refractivity contribution in [2.24, 2.45) is 0 Å². The van der Waals surface area contributed by atoms with Gasteiger partial charge in [-0.25, -0.2) is 0 Å². The number of rotatable bonds is 2. The molecule has 0 saturated carbocycles. The number of aromatic nitrogens is 1. The van der Waals surface area contributed by atoms with E-state index in [4.69, 9.17) is 11.6 Å². The van der Waals surface area contributed by atoms with E-state index in [1.165, 1.54) is 12.1 Å². The van der Waals surface area contributed by atoms with Gasteiger partial charge in [0.15, 0.2) is 0 Å². The van der Waals surface area contributed by atoms with Gasteiger partial charge in [0.2, 0.25) is 11.2 Å². The average Bonchev–Trinajstić information content (AvgIpc) is 2.29. The lowest BCUT2D eigenvalue weighted by Gasteiger charge is -2.05. The first kappa shape index (κ1) is 10.6. The molecule has 0 N–H and O–H groups in total. The predicted molar refractivity (Wildman–Crippen MR) is 59.1 cm³/mol. The number of nitro groups is 1. The van der Waals surface area contributed by atoms with Gasteiger partial charge in [-0.3, -0.25) is 10.1 Å². The number of nitrogens with zero attached hydrogens (tertiary/aromatic N) is 2. The largest absolute Gasteiger partial charge is 0.618 e. The lowest BCUT2D eigenvalue weighted by Crippen LogP contribution is -2.32. The van der Waals surface area contributed by atoms with Crippen LogP contribution < -0.4 is 4.73 Å². The summed E-state index contributed by atoms with van der Waals surface area (Å²) in [4.78, 5) is 10.3. The lowest BCUT2D eigenvalue weighted by atomic mass is 10.1. The van der Waals surface area contributed by atoms with Crippen molar-refractivity contribution in [3.8, 4) is 0 Å². The monoisotopic (exact) mass is 238 g/mol. The maximum absolute atomic E-state index is 11.7. The molecule has 2 aromatic rings. The number of hydrogen-bond donors (Lipinski definition) is 0. The Labute approximate surface area is 95.6 Å². The molecule has 6 heteroatoms. The summed E-state index contributed by atoms with van der Waals surface area (Å²) in [5.74, 6) is -0.0603. The first-order valence-corrected chi connectivity index (χ1v) is 5.03. The Balaban J connectivity index is 2.90. The second-order valence-electron chi connectivity index (χ2n) is 3.22. The van der Waals surface area contributed by atoms with Crippen molar-refractivity contribution in [1.29, 1.82) is 0 Å². The van der Waals surface area contributed by atoms with Crippen LogP contribution in [0.3, 0.4) is 0 Å². The van der Waals surface area contributed by atoms with Gasteiger partial charge in [0.1, 0.15) is 11.3 Å². The predicted octanol–water partition coefficient (Wildman–Crippen LogP) is 2.12. The molecule has 0 atom stereocenters. The van der Waals surface area contributed by atoms with Crippen molar-refractivity contribution in [2.75, 3.05) is 0 Å². The van der Waals surface area contributed by atoms with Gasteiger partial charge in [-0.05, 0) is 6.07 Å². The molecule has 2 rings (SSSR count). The molecule has 0 aliphatic carbocycles. The van der Waals surface area contributed by atoms with Gasteiger partial charge in [0.05, 0.1) is 11.0 Å². The first-order valence-electron chi connectivity index (χ1n) is 4.49. The van der Waals surface area contributed by atoms with E-state index in [1.54, 1.807) is 18.2 Å². The average molecular weight is 239 g/mol. The van der Waals surface area contributed by atoms with Crippen LogP contribution in [0, 0.1) is 15.3 Å². The minimum atomic E-state index is -0.515. The normalized spacial score (nSPS) is 10.6. The highest BCUT2D eigenvalue weighted by molar-refractivity contribution is 6.16. The number of halogens is 1. The van der Waals surface area contributed by atoms with Crippen LogP contribution in [0.15, 0.2) is 30.3 Å². The molecule has 0 aliphatic heterocycles. The molecule has 1 aromatic heterocycles. The molecule has 0 fully saturated rings. The summed E-state index contributed by atoms with van der Waals surface area (Å²) in [6.07, 6.45) is 0. The van der Waals surface area contributed by atoms with Gasteiger partial charge in [-0.15, -0.1) is 11.6 Å². The van der Waals surface area contributed by atoms with Crippen molar-refractivity contribution >= 4 is 28.2 Å². The lowest BCUT2D eigenvalue weighted by molar-refractivity contribution is -0.585. The summed E-state index contributed by atoms with van der Waals surface area (Å²) in [5.41, 5.74) is 0.331. The fourth-order valence-corrected chi connectivity index (χ4v) is 1.75. The van der Waals surface area contributed by atoms with Gasteiger partial charge < -0.3 is 5.21 Å². The third-order valence-electron chi connectivity index (χ3n) is 2.30. The highest BCUT2D eigenvalue weighted by atomic mass is 35.5. The summed E-state index contributed by atoms with van der Waals surface area (Å²) in [6.45, 7) is 0. The molecule has 5 nitrogen and oxygen atoms in total. The molecule has 0 aliphatic rings. The minimum Gasteiger partial charge on any atom is -0.618 e. The van der Waals surface area contributed by atoms with Crippen LogP contribution in [0.5, 0.6) is 0 Å². The van der Waals surface area contributed by atoms with Crippen LogP contribution >= 0.6 is 11.6 Å². The Bertz CT molecular complexity index is 571. The molecule has 0 unspecified atom stereocenters. The number of alkyl halides is 1. The SMILES string of the molecule is O=[N+]([O-])c1cc(CCl)[n+]([O-])c2ccccc12. The molecule has 0 amide bonds. The van der Waals surface area contributed by atoms with E-state index in [-0.39, 0.29) is 22.8 Å². The van der Waals surface area contributed by atoms with Gasteiger partial charge >= 0.3 is 0 Å². The zero-order chi connectivity index (χ0) is 11.7. The van der Waals surface area contributed by atoms with Crippen molar-refractivity contribution in [3.05, 3.63) is 51.3 Å². The molecule has 1 aromatic carbocycles. The second kappa shape index (κ2) is 3.94. The summed E-state index contributed by atoms with van der Waals surface area (Å²) in [6, 6.07) is 7.59. The quantitative estimate of drug-likeness (QED) is 0.265. The van der Waals surface area contributed by atoms with Crippen molar-refractivity contribution in [1.82, 2.24) is 0 Å². The van der Waals surface area contributed by atoms with Crippen molar-refractivity contribution < 1.29 is 9.65 Å². The number of para-hydroxylation sites is 1. The molecule has 0 radical (unpaired) electrons. The first-order chi connectivity index (χ1) is 7.65. The van der Waals surface area contributed by atoms with Crippen molar-refractivity contribution in [3.63, 3.8) is 0 Å². The Morgan fingerprint density at radius 1 is 1.38 bits per heavy atom. The topological polar surface area (TPSA) is 70.1 Å². The van der Waals surface area contributed by atoms with Crippen LogP contribution in [-0.2, 0) is 5.88 Å². The maximum Gasteiger partial charge on any atom is 0.289 e. The highest BCUT2D eigenvalue weighted by Gasteiger charge is 2.21. The Morgan fingerprint density at radius 2 is 2.06 bits per heavy atom. The number of benzene rings is 1. The van der Waals surface area contributed by atoms with Crippen LogP contribution in [0.4, 0.5) is 5.69 Å². The van der Waals surface area contributed by atoms with Crippen molar-refractivity contribution in [2.45, 2.75) is 5.88 Å². The molecule has 0 bridgehead atoms. The fourth-order valence-electron chi connectivity index (χ4n) is 1.56. The van der Waals surface area contributed by atoms with E-state index in [0.717, 1.165) is 0 Å². The van der Waals surface area contributed by atoms with E-state index in [1.807, 2.05) is 0 Å². The standard InChI is InChI=1S/C10H7ClN2O3/c11-6-7-5-10(13(15)16)8-3-1-2-4-9(8)12(7)14/h1-5H,6H2. The third kappa shape index (κ3) is 1.55. The van der Waals surface area contributed by atoms with Crippen LogP contribution in [-0.4, -0.2) is 4.92 Å². The zero-order valence-corrected chi connectivity index (χ0v) is 8.85. The van der Waals surface area contributed by atoms with E-state index >= 15 is 0 Å². The Morgan fingerprint density at radius 3 is 2.69 bits per heavy atom. The maximum atomic E-state index is 11.7. The molecular formula is C10H7ClN2O3. The van der Waals surface area contributed by atoms with Gasteiger partial charge in [-0.2, -0.15) is 4.73 Å². The molecule has 82 valence electrons. The van der Waals surface area contributed by atoms with Gasteiger partial charge in [0.25, 0.3) is 5.69 Å². The molecule has 16 heavy (non-hydrogen) atoms. The molecule has 0 spiro atoms. The van der Waals surface area contributed by atoms with Crippen LogP contribution in [0.2, 0.25) is 0 Å². The molecular weight excluding hydrogens is 232 g/mol. The summed E-state index contributed by atoms with van der Waals surface area (Å²) in [5, 5.41) is 22.9. The Kier molecular flexibility index (Phi) is 2.62. The molecule has 0 saturated heterocycles. The molecule has 1 heterocycles. The zero-order valence-electron chi connectivity index (χ0n) is 8.09. The summed E-state index contributed by atoms with van der Waals surface area (Å²) < 4.78 is 0.620. The highest BCUT2D eigenvalue weighted by Crippen LogP contribution is 2.24. The summed E-state index contributed by atoms with van der Waals surface area (Å²) >= 11 is 5.57. The smallest absolute Gasteiger partial charge is 0.289 e. The number of hydrogen-bond acceptors (Lipinski definition) is 3. The van der Waals surface area contributed by atoms with E-state index < -0.39 is 4.92 Å². The van der Waals surface area contributed by atoms with Gasteiger partial charge in [-0.1, -0.05) is 12.1 Å². The van der Waals surface area contributed by atoms with Crippen LogP contribution in [0.25, 0.3) is 10.9 Å².